The van der Waals surface area contributed by atoms with Crippen molar-refractivity contribution in [3.8, 4) is 11.5 Å². The molecule has 0 fully saturated rings. The van der Waals surface area contributed by atoms with Crippen molar-refractivity contribution in [3.05, 3.63) is 30.1 Å². The third-order valence-corrected chi connectivity index (χ3v) is 2.88. The SMILES string of the molecule is CCCC(N)C(=O)Nc1ccccc1-c1nc(C)no1. The maximum absolute atomic E-state index is 12.0. The highest BCUT2D eigenvalue weighted by molar-refractivity contribution is 5.97. The van der Waals surface area contributed by atoms with E-state index in [1.54, 1.807) is 13.0 Å². The molecule has 0 aliphatic rings. The van der Waals surface area contributed by atoms with E-state index in [0.717, 1.165) is 6.42 Å². The molecule has 2 rings (SSSR count). The second kappa shape index (κ2) is 6.29. The van der Waals surface area contributed by atoms with Crippen LogP contribution in [0.1, 0.15) is 25.6 Å². The molecule has 6 heteroatoms. The molecule has 0 bridgehead atoms. The third kappa shape index (κ3) is 3.21. The van der Waals surface area contributed by atoms with Gasteiger partial charge in [-0.1, -0.05) is 30.6 Å². The number of hydrogen-bond acceptors (Lipinski definition) is 5. The Hall–Kier alpha value is -2.21. The van der Waals surface area contributed by atoms with Crippen LogP contribution in [0.25, 0.3) is 11.5 Å². The van der Waals surface area contributed by atoms with Crippen LogP contribution in [0.4, 0.5) is 5.69 Å². The molecule has 6 nitrogen and oxygen atoms in total. The van der Waals surface area contributed by atoms with Crippen molar-refractivity contribution >= 4 is 11.6 Å². The summed E-state index contributed by atoms with van der Waals surface area (Å²) in [5, 5.41) is 6.57. The van der Waals surface area contributed by atoms with Gasteiger partial charge in [0.2, 0.25) is 5.91 Å². The molecule has 0 aliphatic carbocycles. The first kappa shape index (κ1) is 14.2. The first-order chi connectivity index (χ1) is 9.61. The van der Waals surface area contributed by atoms with Gasteiger partial charge < -0.3 is 15.6 Å². The number of para-hydroxylation sites is 1. The van der Waals surface area contributed by atoms with Gasteiger partial charge in [-0.3, -0.25) is 4.79 Å². The van der Waals surface area contributed by atoms with Crippen molar-refractivity contribution < 1.29 is 9.32 Å². The topological polar surface area (TPSA) is 94.0 Å². The van der Waals surface area contributed by atoms with Crippen LogP contribution in [0.2, 0.25) is 0 Å². The molecule has 1 aromatic heterocycles. The van der Waals surface area contributed by atoms with Crippen molar-refractivity contribution in [1.29, 1.82) is 0 Å². The van der Waals surface area contributed by atoms with Gasteiger partial charge in [-0.15, -0.1) is 0 Å². The van der Waals surface area contributed by atoms with Crippen LogP contribution in [0.3, 0.4) is 0 Å². The van der Waals surface area contributed by atoms with Gasteiger partial charge in [-0.2, -0.15) is 4.98 Å². The summed E-state index contributed by atoms with van der Waals surface area (Å²) in [5.74, 6) is 0.710. The first-order valence-corrected chi connectivity index (χ1v) is 6.58. The van der Waals surface area contributed by atoms with Gasteiger partial charge in [-0.05, 0) is 25.5 Å². The lowest BCUT2D eigenvalue weighted by atomic mass is 10.1. The van der Waals surface area contributed by atoms with Crippen LogP contribution in [-0.4, -0.2) is 22.1 Å². The van der Waals surface area contributed by atoms with Gasteiger partial charge in [0.15, 0.2) is 5.82 Å². The number of nitrogens with one attached hydrogen (secondary N) is 1. The number of rotatable bonds is 5. The normalized spacial score (nSPS) is 12.2. The molecule has 20 heavy (non-hydrogen) atoms. The summed E-state index contributed by atoms with van der Waals surface area (Å²) in [4.78, 5) is 16.2. The lowest BCUT2D eigenvalue weighted by Gasteiger charge is -2.12. The Balaban J connectivity index is 2.22. The maximum Gasteiger partial charge on any atom is 0.260 e. The third-order valence-electron chi connectivity index (χ3n) is 2.88. The minimum absolute atomic E-state index is 0.212. The molecule has 0 saturated carbocycles. The Labute approximate surface area is 117 Å². The average Bonchev–Trinajstić information content (AvgIpc) is 2.86. The number of carbonyl (C=O) groups excluding carboxylic acids is 1. The Morgan fingerprint density at radius 3 is 2.85 bits per heavy atom. The quantitative estimate of drug-likeness (QED) is 0.870. The summed E-state index contributed by atoms with van der Waals surface area (Å²) in [5.41, 5.74) is 7.11. The predicted octanol–water partition coefficient (Wildman–Crippen LogP) is 2.11. The zero-order valence-electron chi connectivity index (χ0n) is 11.6. The number of aryl methyl sites for hydroxylation is 1. The standard InChI is InChI=1S/C14H18N4O2/c1-3-6-11(15)13(19)17-12-8-5-4-7-10(12)14-16-9(2)18-20-14/h4-5,7-8,11H,3,6,15H2,1-2H3,(H,17,19). The molecule has 3 N–H and O–H groups in total. The van der Waals surface area contributed by atoms with Gasteiger partial charge in [-0.25, -0.2) is 0 Å². The van der Waals surface area contributed by atoms with E-state index in [9.17, 15) is 4.79 Å². The Bertz CT molecular complexity index is 594. The molecule has 0 radical (unpaired) electrons. The zero-order valence-corrected chi connectivity index (χ0v) is 11.6. The molecule has 1 aromatic carbocycles. The summed E-state index contributed by atoms with van der Waals surface area (Å²) >= 11 is 0. The van der Waals surface area contributed by atoms with E-state index in [1.807, 2.05) is 25.1 Å². The number of benzene rings is 1. The second-order valence-electron chi connectivity index (χ2n) is 4.58. The first-order valence-electron chi connectivity index (χ1n) is 6.58. The van der Waals surface area contributed by atoms with Gasteiger partial charge >= 0.3 is 0 Å². The van der Waals surface area contributed by atoms with Crippen molar-refractivity contribution in [2.45, 2.75) is 32.7 Å². The van der Waals surface area contributed by atoms with Crippen molar-refractivity contribution in [1.82, 2.24) is 10.1 Å². The summed E-state index contributed by atoms with van der Waals surface area (Å²) < 4.78 is 5.14. The van der Waals surface area contributed by atoms with E-state index >= 15 is 0 Å². The minimum Gasteiger partial charge on any atom is -0.334 e. The Morgan fingerprint density at radius 1 is 1.45 bits per heavy atom. The van der Waals surface area contributed by atoms with E-state index in [0.29, 0.717) is 29.4 Å². The van der Waals surface area contributed by atoms with Crippen LogP contribution in [-0.2, 0) is 4.79 Å². The molecule has 1 heterocycles. The summed E-state index contributed by atoms with van der Waals surface area (Å²) in [6.45, 7) is 3.73. The van der Waals surface area contributed by atoms with Gasteiger partial charge in [0.05, 0.1) is 17.3 Å². The summed E-state index contributed by atoms with van der Waals surface area (Å²) in [7, 11) is 0. The molecule has 0 saturated heterocycles. The number of aromatic nitrogens is 2. The fourth-order valence-electron chi connectivity index (χ4n) is 1.85. The van der Waals surface area contributed by atoms with Gasteiger partial charge in [0.1, 0.15) is 0 Å². The smallest absolute Gasteiger partial charge is 0.260 e. The van der Waals surface area contributed by atoms with Crippen molar-refractivity contribution in [3.63, 3.8) is 0 Å². The number of amides is 1. The van der Waals surface area contributed by atoms with E-state index in [1.165, 1.54) is 0 Å². The highest BCUT2D eigenvalue weighted by Crippen LogP contribution is 2.26. The van der Waals surface area contributed by atoms with Crippen LogP contribution >= 0.6 is 0 Å². The van der Waals surface area contributed by atoms with E-state index in [2.05, 4.69) is 15.5 Å². The van der Waals surface area contributed by atoms with Gasteiger partial charge in [0.25, 0.3) is 5.89 Å². The average molecular weight is 274 g/mol. The maximum atomic E-state index is 12.0. The predicted molar refractivity (Wildman–Crippen MR) is 76.0 cm³/mol. The molecular formula is C14H18N4O2. The highest BCUT2D eigenvalue weighted by Gasteiger charge is 2.16. The molecular weight excluding hydrogens is 256 g/mol. The molecule has 1 atom stereocenters. The van der Waals surface area contributed by atoms with Crippen LogP contribution < -0.4 is 11.1 Å². The summed E-state index contributed by atoms with van der Waals surface area (Å²) in [6, 6.07) is 6.75. The number of carbonyl (C=O) groups is 1. The number of nitrogens with two attached hydrogens (primary N) is 1. The second-order valence-corrected chi connectivity index (χ2v) is 4.58. The Morgan fingerprint density at radius 2 is 2.20 bits per heavy atom. The minimum atomic E-state index is -0.516. The number of anilines is 1. The number of hydrogen-bond donors (Lipinski definition) is 2. The molecule has 2 aromatic rings. The van der Waals surface area contributed by atoms with Crippen LogP contribution in [0.5, 0.6) is 0 Å². The lowest BCUT2D eigenvalue weighted by molar-refractivity contribution is -0.117. The number of nitrogens with zero attached hydrogens (tertiary/aromatic N) is 2. The fraction of sp³-hybridized carbons (Fsp3) is 0.357. The van der Waals surface area contributed by atoms with Crippen LogP contribution in [0.15, 0.2) is 28.8 Å². The lowest BCUT2D eigenvalue weighted by Crippen LogP contribution is -2.35. The molecule has 106 valence electrons. The van der Waals surface area contributed by atoms with E-state index < -0.39 is 6.04 Å². The van der Waals surface area contributed by atoms with Crippen molar-refractivity contribution in [2.75, 3.05) is 5.32 Å². The van der Waals surface area contributed by atoms with Crippen molar-refractivity contribution in [2.24, 2.45) is 5.73 Å². The Kier molecular flexibility index (Phi) is 4.47. The molecule has 1 amide bonds. The molecule has 1 unspecified atom stereocenters. The highest BCUT2D eigenvalue weighted by atomic mass is 16.5. The van der Waals surface area contributed by atoms with Gasteiger partial charge in [0, 0.05) is 0 Å². The molecule has 0 aliphatic heterocycles. The van der Waals surface area contributed by atoms with E-state index in [-0.39, 0.29) is 5.91 Å². The molecule has 0 spiro atoms. The monoisotopic (exact) mass is 274 g/mol. The summed E-state index contributed by atoms with van der Waals surface area (Å²) in [6.07, 6.45) is 1.51. The van der Waals surface area contributed by atoms with Crippen LogP contribution in [0, 0.1) is 6.92 Å². The van der Waals surface area contributed by atoms with E-state index in [4.69, 9.17) is 10.3 Å². The fourth-order valence-corrected chi connectivity index (χ4v) is 1.85. The zero-order chi connectivity index (χ0) is 14.5. The largest absolute Gasteiger partial charge is 0.334 e.